The summed E-state index contributed by atoms with van der Waals surface area (Å²) in [5.74, 6) is -1.52. The number of nitrogens with one attached hydrogen (secondary N) is 2. The molecule has 2 aromatic carbocycles. The lowest BCUT2D eigenvalue weighted by atomic mass is 9.68. The predicted octanol–water partition coefficient (Wildman–Crippen LogP) is 1.89. The number of carbonyl (C=O) groups excluding carboxylic acids is 2. The minimum absolute atomic E-state index is 0.000836. The van der Waals surface area contributed by atoms with Crippen molar-refractivity contribution >= 4 is 28.5 Å². The highest BCUT2D eigenvalue weighted by molar-refractivity contribution is 6.18. The number of nitrogens with two attached hydrogens (primary N) is 1. The molecular weight excluding hydrogens is 386 g/mol. The molecule has 3 aromatic rings. The standard InChI is InChI=1S/C22H17N3O5/c1-2-29-20(27)16-18(23)30-17-11-7-3-5-9-13(11)24-19(26)15(17)22(16)12-8-4-6-10-14(12)25-21(22)28/h3-10H,2,23H2,1H3,(H,24,26)(H,25,28)/t22-/m0/s1. The first kappa shape index (κ1) is 18.0. The van der Waals surface area contributed by atoms with Gasteiger partial charge in [0.1, 0.15) is 16.7 Å². The Labute approximate surface area is 170 Å². The molecule has 4 N–H and O–H groups in total. The number of aromatic nitrogens is 1. The molecule has 150 valence electrons. The number of rotatable bonds is 2. The van der Waals surface area contributed by atoms with Gasteiger partial charge in [-0.05, 0) is 25.1 Å². The van der Waals surface area contributed by atoms with Crippen molar-refractivity contribution in [3.63, 3.8) is 0 Å². The van der Waals surface area contributed by atoms with Gasteiger partial charge in [-0.1, -0.05) is 30.3 Å². The number of fused-ring (bicyclic) bond motifs is 6. The first-order valence-electron chi connectivity index (χ1n) is 9.41. The average Bonchev–Trinajstić information content (AvgIpc) is 3.00. The smallest absolute Gasteiger partial charge is 0.341 e. The Balaban J connectivity index is 1.97. The summed E-state index contributed by atoms with van der Waals surface area (Å²) in [5.41, 5.74) is 5.10. The van der Waals surface area contributed by atoms with Crippen molar-refractivity contribution in [3.8, 4) is 5.75 Å². The molecule has 0 saturated carbocycles. The van der Waals surface area contributed by atoms with E-state index >= 15 is 0 Å². The number of H-pyrrole nitrogens is 1. The first-order valence-corrected chi connectivity index (χ1v) is 9.41. The van der Waals surface area contributed by atoms with Crippen molar-refractivity contribution < 1.29 is 19.1 Å². The van der Waals surface area contributed by atoms with Gasteiger partial charge in [0, 0.05) is 16.6 Å². The molecule has 5 rings (SSSR count). The number of pyridine rings is 1. The lowest BCUT2D eigenvalue weighted by molar-refractivity contribution is -0.140. The second kappa shape index (κ2) is 6.21. The van der Waals surface area contributed by atoms with Crippen molar-refractivity contribution in [1.29, 1.82) is 0 Å². The van der Waals surface area contributed by atoms with E-state index in [1.807, 2.05) is 0 Å². The van der Waals surface area contributed by atoms with Crippen LogP contribution in [0.15, 0.2) is 64.8 Å². The van der Waals surface area contributed by atoms with Crippen LogP contribution >= 0.6 is 0 Å². The largest absolute Gasteiger partial charge is 0.462 e. The topological polar surface area (TPSA) is 124 Å². The van der Waals surface area contributed by atoms with Crippen LogP contribution in [-0.2, 0) is 19.7 Å². The Hall–Kier alpha value is -4.07. The van der Waals surface area contributed by atoms with Gasteiger partial charge in [-0.3, -0.25) is 9.59 Å². The number of aromatic amines is 1. The van der Waals surface area contributed by atoms with Crippen LogP contribution in [0.25, 0.3) is 10.9 Å². The lowest BCUT2D eigenvalue weighted by Gasteiger charge is -2.35. The van der Waals surface area contributed by atoms with Gasteiger partial charge in [-0.2, -0.15) is 0 Å². The fraction of sp³-hybridized carbons (Fsp3) is 0.136. The molecule has 2 aliphatic rings. The van der Waals surface area contributed by atoms with E-state index in [1.54, 1.807) is 55.5 Å². The molecule has 0 radical (unpaired) electrons. The molecule has 0 saturated heterocycles. The third-order valence-electron chi connectivity index (χ3n) is 5.48. The van der Waals surface area contributed by atoms with E-state index in [0.717, 1.165) is 0 Å². The van der Waals surface area contributed by atoms with Crippen LogP contribution in [0.2, 0.25) is 0 Å². The molecule has 2 aliphatic heterocycles. The van der Waals surface area contributed by atoms with Crippen LogP contribution in [0, 0.1) is 0 Å². The highest BCUT2D eigenvalue weighted by Crippen LogP contribution is 2.53. The summed E-state index contributed by atoms with van der Waals surface area (Å²) in [4.78, 5) is 42.6. The predicted molar refractivity (Wildman–Crippen MR) is 109 cm³/mol. The van der Waals surface area contributed by atoms with E-state index in [-0.39, 0.29) is 29.4 Å². The molecular formula is C22H17N3O5. The average molecular weight is 403 g/mol. The summed E-state index contributed by atoms with van der Waals surface area (Å²) >= 11 is 0. The maximum Gasteiger partial charge on any atom is 0.341 e. The summed E-state index contributed by atoms with van der Waals surface area (Å²) in [5, 5.41) is 3.34. The normalized spacial score (nSPS) is 19.3. The summed E-state index contributed by atoms with van der Waals surface area (Å²) in [7, 11) is 0. The van der Waals surface area contributed by atoms with Gasteiger partial charge in [-0.15, -0.1) is 0 Å². The molecule has 0 bridgehead atoms. The molecule has 30 heavy (non-hydrogen) atoms. The molecule has 1 spiro atoms. The molecule has 1 amide bonds. The van der Waals surface area contributed by atoms with Gasteiger partial charge in [0.25, 0.3) is 5.56 Å². The monoisotopic (exact) mass is 403 g/mol. The van der Waals surface area contributed by atoms with E-state index in [0.29, 0.717) is 22.2 Å². The van der Waals surface area contributed by atoms with E-state index in [1.165, 1.54) is 0 Å². The van der Waals surface area contributed by atoms with Gasteiger partial charge in [0.05, 0.1) is 17.7 Å². The van der Waals surface area contributed by atoms with E-state index < -0.39 is 22.9 Å². The fourth-order valence-electron chi connectivity index (χ4n) is 4.34. The SMILES string of the molecule is CCOC(=O)C1=C(N)Oc2c(c(=O)[nH]c3ccccc23)[C@]12C(=O)Nc1ccccc12. The molecule has 1 atom stereocenters. The Bertz CT molecular complexity index is 1340. The zero-order valence-corrected chi connectivity index (χ0v) is 15.9. The Morgan fingerprint density at radius 2 is 1.87 bits per heavy atom. The molecule has 0 unspecified atom stereocenters. The van der Waals surface area contributed by atoms with Crippen LogP contribution in [0.4, 0.5) is 5.69 Å². The number of benzene rings is 2. The van der Waals surface area contributed by atoms with Crippen LogP contribution in [0.3, 0.4) is 0 Å². The third-order valence-corrected chi connectivity index (χ3v) is 5.48. The van der Waals surface area contributed by atoms with Crippen molar-refractivity contribution in [1.82, 2.24) is 4.98 Å². The minimum Gasteiger partial charge on any atom is -0.462 e. The number of carbonyl (C=O) groups is 2. The van der Waals surface area contributed by atoms with Gasteiger partial charge >= 0.3 is 5.97 Å². The second-order valence-corrected chi connectivity index (χ2v) is 7.02. The number of esters is 1. The number of anilines is 1. The van der Waals surface area contributed by atoms with Crippen molar-refractivity contribution in [2.24, 2.45) is 5.73 Å². The second-order valence-electron chi connectivity index (χ2n) is 7.02. The van der Waals surface area contributed by atoms with Crippen LogP contribution in [0.1, 0.15) is 18.1 Å². The van der Waals surface area contributed by atoms with Crippen molar-refractivity contribution in [2.45, 2.75) is 12.3 Å². The van der Waals surface area contributed by atoms with Crippen LogP contribution in [-0.4, -0.2) is 23.5 Å². The molecule has 1 aromatic heterocycles. The van der Waals surface area contributed by atoms with Gasteiger partial charge in [0.15, 0.2) is 0 Å². The number of hydrogen-bond donors (Lipinski definition) is 3. The Morgan fingerprint density at radius 1 is 1.13 bits per heavy atom. The zero-order chi connectivity index (χ0) is 21.0. The van der Waals surface area contributed by atoms with E-state index in [2.05, 4.69) is 10.3 Å². The number of hydrogen-bond acceptors (Lipinski definition) is 6. The molecule has 8 nitrogen and oxygen atoms in total. The highest BCUT2D eigenvalue weighted by Gasteiger charge is 2.60. The Morgan fingerprint density at radius 3 is 2.67 bits per heavy atom. The summed E-state index contributed by atoms with van der Waals surface area (Å²) in [6, 6.07) is 13.9. The quantitative estimate of drug-likeness (QED) is 0.562. The maximum atomic E-state index is 13.5. The van der Waals surface area contributed by atoms with Crippen molar-refractivity contribution in [2.75, 3.05) is 11.9 Å². The van der Waals surface area contributed by atoms with Crippen molar-refractivity contribution in [3.05, 3.63) is 81.5 Å². The summed E-state index contributed by atoms with van der Waals surface area (Å²) in [6.45, 7) is 1.71. The molecule has 3 heterocycles. The molecule has 8 heteroatoms. The minimum atomic E-state index is -1.79. The number of amides is 1. The molecule has 0 fully saturated rings. The first-order chi connectivity index (χ1) is 14.5. The molecule has 0 aliphatic carbocycles. The Kier molecular flexibility index (Phi) is 3.73. The maximum absolute atomic E-state index is 13.5. The highest BCUT2D eigenvalue weighted by atomic mass is 16.5. The third kappa shape index (κ3) is 2.13. The summed E-state index contributed by atoms with van der Waals surface area (Å²) in [6.07, 6.45) is 0. The summed E-state index contributed by atoms with van der Waals surface area (Å²) < 4.78 is 11.0. The van der Waals surface area contributed by atoms with E-state index in [9.17, 15) is 14.4 Å². The zero-order valence-electron chi connectivity index (χ0n) is 15.9. The van der Waals surface area contributed by atoms with Gasteiger partial charge < -0.3 is 25.5 Å². The fourth-order valence-corrected chi connectivity index (χ4v) is 4.34. The van der Waals surface area contributed by atoms with Crippen LogP contribution in [0.5, 0.6) is 5.75 Å². The lowest BCUT2D eigenvalue weighted by Crippen LogP contribution is -2.49. The number of ether oxygens (including phenoxy) is 2. The number of para-hydroxylation sites is 2. The van der Waals surface area contributed by atoms with E-state index in [4.69, 9.17) is 15.2 Å². The van der Waals surface area contributed by atoms with Crippen LogP contribution < -0.4 is 21.3 Å². The van der Waals surface area contributed by atoms with Gasteiger partial charge in [-0.25, -0.2) is 4.79 Å². The van der Waals surface area contributed by atoms with Gasteiger partial charge in [0.2, 0.25) is 11.8 Å².